The van der Waals surface area contributed by atoms with Gasteiger partial charge in [-0.05, 0) is 31.7 Å². The molecule has 1 N–H and O–H groups in total. The van der Waals surface area contributed by atoms with E-state index in [1.165, 1.54) is 0 Å². The van der Waals surface area contributed by atoms with Crippen molar-refractivity contribution in [3.8, 4) is 5.88 Å². The Bertz CT molecular complexity index is 323. The number of ether oxygens (including phenoxy) is 1. The van der Waals surface area contributed by atoms with E-state index in [1.54, 1.807) is 0 Å². The molecule has 0 aromatic carbocycles. The van der Waals surface area contributed by atoms with Gasteiger partial charge in [0.15, 0.2) is 0 Å². The zero-order chi connectivity index (χ0) is 10.7. The fourth-order valence-electron chi connectivity index (χ4n) is 1.66. The van der Waals surface area contributed by atoms with Gasteiger partial charge in [0, 0.05) is 18.2 Å². The lowest BCUT2D eigenvalue weighted by Crippen LogP contribution is -2.13. The summed E-state index contributed by atoms with van der Waals surface area (Å²) in [4.78, 5) is 4.33. The molecule has 0 radical (unpaired) electrons. The number of hydrogen-bond acceptors (Lipinski definition) is 3. The highest BCUT2D eigenvalue weighted by Crippen LogP contribution is 2.33. The molecular weight excluding hydrogens is 190 g/mol. The zero-order valence-electron chi connectivity index (χ0n) is 9.02. The lowest BCUT2D eigenvalue weighted by atomic mass is 10.1. The average Bonchev–Trinajstić information content (AvgIpc) is 3.01. The Morgan fingerprint density at radius 1 is 1.53 bits per heavy atom. The first-order valence-corrected chi connectivity index (χ1v) is 5.56. The highest BCUT2D eigenvalue weighted by molar-refractivity contribution is 5.16. The van der Waals surface area contributed by atoms with E-state index in [2.05, 4.69) is 4.98 Å². The van der Waals surface area contributed by atoms with E-state index in [1.807, 2.05) is 25.1 Å². The normalized spacial score (nSPS) is 17.5. The summed E-state index contributed by atoms with van der Waals surface area (Å²) in [7, 11) is 0. The number of hydrogen-bond donors (Lipinski definition) is 1. The molecule has 0 bridgehead atoms. The van der Waals surface area contributed by atoms with Crippen molar-refractivity contribution in [3.05, 3.63) is 23.9 Å². The molecule has 1 unspecified atom stereocenters. The Balaban J connectivity index is 1.97. The predicted molar refractivity (Wildman–Crippen MR) is 57.8 cm³/mol. The van der Waals surface area contributed by atoms with Gasteiger partial charge in [-0.15, -0.1) is 0 Å². The molecular formula is C12H17NO2. The first-order valence-electron chi connectivity index (χ1n) is 5.56. The number of nitrogens with zero attached hydrogens (tertiary/aromatic N) is 1. The van der Waals surface area contributed by atoms with E-state index in [0.717, 1.165) is 18.5 Å². The third-order valence-corrected chi connectivity index (χ3v) is 2.66. The van der Waals surface area contributed by atoms with Crippen LogP contribution in [0.2, 0.25) is 0 Å². The molecule has 1 aromatic heterocycles. The van der Waals surface area contributed by atoms with Crippen LogP contribution in [0.1, 0.15) is 25.5 Å². The second-order valence-corrected chi connectivity index (χ2v) is 4.01. The molecule has 3 nitrogen and oxygen atoms in total. The third kappa shape index (κ3) is 2.93. The summed E-state index contributed by atoms with van der Waals surface area (Å²) in [6.45, 7) is 2.56. The molecule has 1 fully saturated rings. The van der Waals surface area contributed by atoms with Crippen LogP contribution in [0.3, 0.4) is 0 Å². The van der Waals surface area contributed by atoms with Crippen molar-refractivity contribution in [1.82, 2.24) is 4.98 Å². The van der Waals surface area contributed by atoms with Gasteiger partial charge in [-0.25, -0.2) is 4.98 Å². The van der Waals surface area contributed by atoms with Gasteiger partial charge >= 0.3 is 0 Å². The Kier molecular flexibility index (Phi) is 3.21. The van der Waals surface area contributed by atoms with Gasteiger partial charge in [-0.1, -0.05) is 6.07 Å². The lowest BCUT2D eigenvalue weighted by Gasteiger charge is -2.09. The summed E-state index contributed by atoms with van der Waals surface area (Å²) in [6, 6.07) is 5.71. The number of rotatable bonds is 5. The van der Waals surface area contributed by atoms with Gasteiger partial charge in [0.1, 0.15) is 0 Å². The van der Waals surface area contributed by atoms with Crippen LogP contribution in [0.15, 0.2) is 18.2 Å². The van der Waals surface area contributed by atoms with Gasteiger partial charge in [-0.2, -0.15) is 0 Å². The Hall–Kier alpha value is -1.09. The summed E-state index contributed by atoms with van der Waals surface area (Å²) in [5.41, 5.74) is 0.917. The van der Waals surface area contributed by atoms with E-state index < -0.39 is 0 Å². The molecule has 1 aliphatic carbocycles. The average molecular weight is 207 g/mol. The summed E-state index contributed by atoms with van der Waals surface area (Å²) in [5.74, 6) is 1.15. The first-order chi connectivity index (χ1) is 7.29. The van der Waals surface area contributed by atoms with Crippen LogP contribution in [0.5, 0.6) is 5.88 Å². The number of pyridine rings is 1. The van der Waals surface area contributed by atoms with E-state index >= 15 is 0 Å². The van der Waals surface area contributed by atoms with Crippen molar-refractivity contribution in [2.24, 2.45) is 5.92 Å². The Labute approximate surface area is 90.1 Å². The van der Waals surface area contributed by atoms with E-state index in [4.69, 9.17) is 4.74 Å². The number of aliphatic hydroxyl groups is 1. The SMILES string of the molecule is CCOc1cccc(CC(O)C2CC2)n1. The van der Waals surface area contributed by atoms with Crippen molar-refractivity contribution >= 4 is 0 Å². The highest BCUT2D eigenvalue weighted by Gasteiger charge is 2.29. The maximum atomic E-state index is 9.78. The van der Waals surface area contributed by atoms with Gasteiger partial charge in [-0.3, -0.25) is 0 Å². The second kappa shape index (κ2) is 4.62. The van der Waals surface area contributed by atoms with Crippen molar-refractivity contribution in [1.29, 1.82) is 0 Å². The van der Waals surface area contributed by atoms with Gasteiger partial charge in [0.25, 0.3) is 0 Å². The molecule has 0 aliphatic heterocycles. The van der Waals surface area contributed by atoms with Crippen LogP contribution in [-0.4, -0.2) is 22.8 Å². The monoisotopic (exact) mass is 207 g/mol. The van der Waals surface area contributed by atoms with Crippen molar-refractivity contribution in [3.63, 3.8) is 0 Å². The second-order valence-electron chi connectivity index (χ2n) is 4.01. The highest BCUT2D eigenvalue weighted by atomic mass is 16.5. The molecule has 2 rings (SSSR count). The van der Waals surface area contributed by atoms with Crippen LogP contribution in [0.25, 0.3) is 0 Å². The number of aliphatic hydroxyl groups excluding tert-OH is 1. The Morgan fingerprint density at radius 3 is 3.00 bits per heavy atom. The first kappa shape index (κ1) is 10.4. The molecule has 0 saturated heterocycles. The Morgan fingerprint density at radius 2 is 2.33 bits per heavy atom. The van der Waals surface area contributed by atoms with Crippen molar-refractivity contribution in [2.75, 3.05) is 6.61 Å². The largest absolute Gasteiger partial charge is 0.478 e. The smallest absolute Gasteiger partial charge is 0.213 e. The molecule has 0 spiro atoms. The molecule has 1 aromatic rings. The van der Waals surface area contributed by atoms with Crippen LogP contribution >= 0.6 is 0 Å². The minimum absolute atomic E-state index is 0.227. The molecule has 3 heteroatoms. The zero-order valence-corrected chi connectivity index (χ0v) is 9.02. The molecule has 1 atom stereocenters. The fraction of sp³-hybridized carbons (Fsp3) is 0.583. The van der Waals surface area contributed by atoms with Crippen molar-refractivity contribution < 1.29 is 9.84 Å². The third-order valence-electron chi connectivity index (χ3n) is 2.66. The van der Waals surface area contributed by atoms with Crippen LogP contribution in [-0.2, 0) is 6.42 Å². The number of aromatic nitrogens is 1. The molecule has 1 aliphatic rings. The van der Waals surface area contributed by atoms with Crippen LogP contribution in [0, 0.1) is 5.92 Å². The predicted octanol–water partition coefficient (Wildman–Crippen LogP) is 1.79. The fourth-order valence-corrected chi connectivity index (χ4v) is 1.66. The van der Waals surface area contributed by atoms with Crippen LogP contribution in [0.4, 0.5) is 0 Å². The topological polar surface area (TPSA) is 42.4 Å². The van der Waals surface area contributed by atoms with Gasteiger partial charge in [0.2, 0.25) is 5.88 Å². The molecule has 0 amide bonds. The summed E-state index contributed by atoms with van der Waals surface area (Å²) >= 11 is 0. The molecule has 82 valence electrons. The lowest BCUT2D eigenvalue weighted by molar-refractivity contribution is 0.150. The van der Waals surface area contributed by atoms with Gasteiger partial charge < -0.3 is 9.84 Å². The van der Waals surface area contributed by atoms with E-state index in [0.29, 0.717) is 24.8 Å². The molecule has 1 heterocycles. The van der Waals surface area contributed by atoms with Crippen molar-refractivity contribution in [2.45, 2.75) is 32.3 Å². The minimum Gasteiger partial charge on any atom is -0.478 e. The summed E-state index contributed by atoms with van der Waals surface area (Å²) < 4.78 is 5.31. The summed E-state index contributed by atoms with van der Waals surface area (Å²) in [5, 5.41) is 9.78. The van der Waals surface area contributed by atoms with E-state index in [-0.39, 0.29) is 6.10 Å². The summed E-state index contributed by atoms with van der Waals surface area (Å²) in [6.07, 6.45) is 2.74. The molecule has 1 saturated carbocycles. The maximum Gasteiger partial charge on any atom is 0.213 e. The van der Waals surface area contributed by atoms with Gasteiger partial charge in [0.05, 0.1) is 12.7 Å². The minimum atomic E-state index is -0.227. The standard InChI is InChI=1S/C12H17NO2/c1-2-15-12-5-3-4-10(13-12)8-11(14)9-6-7-9/h3-5,9,11,14H,2,6-8H2,1H3. The van der Waals surface area contributed by atoms with E-state index in [9.17, 15) is 5.11 Å². The maximum absolute atomic E-state index is 9.78. The quantitative estimate of drug-likeness (QED) is 0.800. The van der Waals surface area contributed by atoms with Crippen LogP contribution < -0.4 is 4.74 Å². The molecule has 15 heavy (non-hydrogen) atoms.